The highest BCUT2D eigenvalue weighted by atomic mass is 32.2. The summed E-state index contributed by atoms with van der Waals surface area (Å²) in [6.45, 7) is 1.62. The van der Waals surface area contributed by atoms with Crippen molar-refractivity contribution in [3.05, 3.63) is 78.4 Å². The number of nitrogens with one attached hydrogen (secondary N) is 1. The monoisotopic (exact) mass is 382 g/mol. The first-order valence-electron chi connectivity index (χ1n) is 8.67. The van der Waals surface area contributed by atoms with E-state index in [4.69, 9.17) is 0 Å². The van der Waals surface area contributed by atoms with Gasteiger partial charge in [-0.3, -0.25) is 4.79 Å². The summed E-state index contributed by atoms with van der Waals surface area (Å²) in [6.07, 6.45) is 0. The van der Waals surface area contributed by atoms with Crippen LogP contribution in [0.3, 0.4) is 0 Å². The molecule has 0 aromatic heterocycles. The quantitative estimate of drug-likeness (QED) is 0.711. The molecular weight excluding hydrogens is 360 g/mol. The number of hydrogen-bond acceptors (Lipinski definition) is 3. The van der Waals surface area contributed by atoms with Gasteiger partial charge in [0.1, 0.15) is 0 Å². The number of benzene rings is 3. The Labute approximate surface area is 159 Å². The molecule has 5 nitrogen and oxygen atoms in total. The normalized spacial score (nSPS) is 12.9. The lowest BCUT2D eigenvalue weighted by atomic mass is 10.1. The Morgan fingerprint density at radius 1 is 0.963 bits per heavy atom. The lowest BCUT2D eigenvalue weighted by molar-refractivity contribution is -0.121. The molecule has 1 N–H and O–H groups in total. The van der Waals surface area contributed by atoms with E-state index in [1.54, 1.807) is 18.2 Å². The summed E-state index contributed by atoms with van der Waals surface area (Å²) in [4.78, 5) is 12.5. The molecule has 0 fully saturated rings. The largest absolute Gasteiger partial charge is 0.348 e. The molecule has 1 amide bonds. The average molecular weight is 382 g/mol. The molecule has 3 aromatic carbocycles. The van der Waals surface area contributed by atoms with Gasteiger partial charge in [-0.25, -0.2) is 8.42 Å². The van der Waals surface area contributed by atoms with E-state index < -0.39 is 10.0 Å². The van der Waals surface area contributed by atoms with Crippen LogP contribution in [0.2, 0.25) is 0 Å². The van der Waals surface area contributed by atoms with Crippen molar-refractivity contribution in [1.29, 1.82) is 0 Å². The third-order valence-electron chi connectivity index (χ3n) is 4.47. The van der Waals surface area contributed by atoms with Gasteiger partial charge in [0.15, 0.2) is 0 Å². The zero-order chi connectivity index (χ0) is 19.4. The van der Waals surface area contributed by atoms with Crippen LogP contribution in [-0.2, 0) is 14.8 Å². The lowest BCUT2D eigenvalue weighted by Gasteiger charge is -2.19. The molecule has 0 radical (unpaired) electrons. The van der Waals surface area contributed by atoms with Crippen molar-refractivity contribution in [1.82, 2.24) is 9.62 Å². The Morgan fingerprint density at radius 2 is 1.59 bits per heavy atom. The summed E-state index contributed by atoms with van der Waals surface area (Å²) in [5.74, 6) is -0.349. The SMILES string of the molecule is C[C@H](NC(=O)CN(C)S(=O)(=O)c1ccc2ccccc2c1)c1ccccc1. The first kappa shape index (κ1) is 19.1. The highest BCUT2D eigenvalue weighted by molar-refractivity contribution is 7.89. The average Bonchev–Trinajstić information content (AvgIpc) is 2.68. The first-order valence-corrected chi connectivity index (χ1v) is 10.1. The minimum atomic E-state index is -3.75. The lowest BCUT2D eigenvalue weighted by Crippen LogP contribution is -2.39. The second kappa shape index (κ2) is 7.90. The van der Waals surface area contributed by atoms with E-state index in [0.29, 0.717) is 0 Å². The first-order chi connectivity index (χ1) is 12.9. The van der Waals surface area contributed by atoms with Crippen LogP contribution in [0.5, 0.6) is 0 Å². The fraction of sp³-hybridized carbons (Fsp3) is 0.190. The molecule has 0 unspecified atom stereocenters. The third kappa shape index (κ3) is 4.35. The Morgan fingerprint density at radius 3 is 2.30 bits per heavy atom. The van der Waals surface area contributed by atoms with Gasteiger partial charge in [0.05, 0.1) is 17.5 Å². The van der Waals surface area contributed by atoms with E-state index in [1.165, 1.54) is 7.05 Å². The second-order valence-corrected chi connectivity index (χ2v) is 8.51. The van der Waals surface area contributed by atoms with Crippen LogP contribution in [0.25, 0.3) is 10.8 Å². The summed E-state index contributed by atoms with van der Waals surface area (Å²) in [6, 6.07) is 21.9. The van der Waals surface area contributed by atoms with Crippen molar-refractivity contribution in [3.8, 4) is 0 Å². The van der Waals surface area contributed by atoms with Gasteiger partial charge in [-0.05, 0) is 35.4 Å². The van der Waals surface area contributed by atoms with Gasteiger partial charge in [0.2, 0.25) is 15.9 Å². The van der Waals surface area contributed by atoms with Gasteiger partial charge in [0.25, 0.3) is 0 Å². The molecule has 3 aromatic rings. The van der Waals surface area contributed by atoms with Gasteiger partial charge >= 0.3 is 0 Å². The number of likely N-dealkylation sites (N-methyl/N-ethyl adjacent to an activating group) is 1. The molecular formula is C21H22N2O3S. The van der Waals surface area contributed by atoms with Gasteiger partial charge in [-0.2, -0.15) is 4.31 Å². The standard InChI is InChI=1S/C21H22N2O3S/c1-16(17-8-4-3-5-9-17)22-21(24)15-23(2)27(25,26)20-13-12-18-10-6-7-11-19(18)14-20/h3-14,16H,15H2,1-2H3,(H,22,24)/t16-/m0/s1. The molecule has 140 valence electrons. The molecule has 3 rings (SSSR count). The molecule has 0 saturated carbocycles. The minimum absolute atomic E-state index is 0.174. The maximum atomic E-state index is 12.8. The number of rotatable bonds is 6. The van der Waals surface area contributed by atoms with Crippen molar-refractivity contribution in [3.63, 3.8) is 0 Å². The number of sulfonamides is 1. The molecule has 0 bridgehead atoms. The molecule has 0 aliphatic rings. The molecule has 0 heterocycles. The Balaban J connectivity index is 1.71. The number of hydrogen-bond donors (Lipinski definition) is 1. The number of fused-ring (bicyclic) bond motifs is 1. The van der Waals surface area contributed by atoms with Gasteiger partial charge in [0, 0.05) is 7.05 Å². The minimum Gasteiger partial charge on any atom is -0.348 e. The van der Waals surface area contributed by atoms with Gasteiger partial charge in [-0.15, -0.1) is 0 Å². The van der Waals surface area contributed by atoms with Crippen LogP contribution in [0.15, 0.2) is 77.7 Å². The Kier molecular flexibility index (Phi) is 5.58. The molecule has 0 aliphatic carbocycles. The van der Waals surface area contributed by atoms with Crippen molar-refractivity contribution >= 4 is 26.7 Å². The summed E-state index contributed by atoms with van der Waals surface area (Å²) in [5, 5.41) is 4.64. The zero-order valence-electron chi connectivity index (χ0n) is 15.3. The summed E-state index contributed by atoms with van der Waals surface area (Å²) in [5.41, 5.74) is 0.964. The Bertz CT molecular complexity index is 1050. The summed E-state index contributed by atoms with van der Waals surface area (Å²) in [7, 11) is -2.34. The van der Waals surface area contributed by atoms with Crippen LogP contribution in [0.4, 0.5) is 0 Å². The summed E-state index contributed by atoms with van der Waals surface area (Å²) >= 11 is 0. The maximum absolute atomic E-state index is 12.8. The van der Waals surface area contributed by atoms with E-state index in [0.717, 1.165) is 20.6 Å². The van der Waals surface area contributed by atoms with E-state index in [1.807, 2.05) is 61.5 Å². The third-order valence-corrected chi connectivity index (χ3v) is 6.27. The predicted molar refractivity (Wildman–Crippen MR) is 107 cm³/mol. The number of amides is 1. The number of carbonyl (C=O) groups excluding carboxylic acids is 1. The van der Waals surface area contributed by atoms with Gasteiger partial charge in [-0.1, -0.05) is 60.7 Å². The van der Waals surface area contributed by atoms with Crippen molar-refractivity contribution in [2.75, 3.05) is 13.6 Å². The number of nitrogens with zero attached hydrogens (tertiary/aromatic N) is 1. The Hall–Kier alpha value is -2.70. The highest BCUT2D eigenvalue weighted by Gasteiger charge is 2.23. The highest BCUT2D eigenvalue weighted by Crippen LogP contribution is 2.21. The molecule has 27 heavy (non-hydrogen) atoms. The molecule has 0 spiro atoms. The smallest absolute Gasteiger partial charge is 0.243 e. The van der Waals surface area contributed by atoms with Crippen LogP contribution in [0, 0.1) is 0 Å². The fourth-order valence-electron chi connectivity index (χ4n) is 2.91. The van der Waals surface area contributed by atoms with E-state index in [-0.39, 0.29) is 23.4 Å². The van der Waals surface area contributed by atoms with Crippen LogP contribution in [0.1, 0.15) is 18.5 Å². The zero-order valence-corrected chi connectivity index (χ0v) is 16.1. The second-order valence-electron chi connectivity index (χ2n) is 6.47. The van der Waals surface area contributed by atoms with Crippen molar-refractivity contribution in [2.24, 2.45) is 0 Å². The molecule has 1 atom stereocenters. The van der Waals surface area contributed by atoms with Gasteiger partial charge < -0.3 is 5.32 Å². The van der Waals surface area contributed by atoms with E-state index in [9.17, 15) is 13.2 Å². The predicted octanol–water partition coefficient (Wildman–Crippen LogP) is 3.34. The topological polar surface area (TPSA) is 66.5 Å². The fourth-order valence-corrected chi connectivity index (χ4v) is 4.07. The van der Waals surface area contributed by atoms with E-state index >= 15 is 0 Å². The van der Waals surface area contributed by atoms with Crippen LogP contribution >= 0.6 is 0 Å². The summed E-state index contributed by atoms with van der Waals surface area (Å²) < 4.78 is 26.7. The van der Waals surface area contributed by atoms with E-state index in [2.05, 4.69) is 5.32 Å². The van der Waals surface area contributed by atoms with Crippen LogP contribution < -0.4 is 5.32 Å². The molecule has 6 heteroatoms. The van der Waals surface area contributed by atoms with Crippen LogP contribution in [-0.4, -0.2) is 32.2 Å². The molecule has 0 aliphatic heterocycles. The number of carbonyl (C=O) groups is 1. The maximum Gasteiger partial charge on any atom is 0.243 e. The van der Waals surface area contributed by atoms with Crippen molar-refractivity contribution in [2.45, 2.75) is 17.9 Å². The van der Waals surface area contributed by atoms with Crippen molar-refractivity contribution < 1.29 is 13.2 Å². The molecule has 0 saturated heterocycles.